The molecule has 0 aliphatic heterocycles. The summed E-state index contributed by atoms with van der Waals surface area (Å²) in [6, 6.07) is 21.7. The summed E-state index contributed by atoms with van der Waals surface area (Å²) in [5, 5.41) is 3.91. The fraction of sp³-hybridized carbons (Fsp3) is 0.207. The molecule has 0 fully saturated rings. The number of ether oxygens (including phenoxy) is 2. The molecule has 0 saturated heterocycles. The molecule has 5 heteroatoms. The highest BCUT2D eigenvalue weighted by Crippen LogP contribution is 2.38. The van der Waals surface area contributed by atoms with Crippen molar-refractivity contribution >= 4 is 22.4 Å². The summed E-state index contributed by atoms with van der Waals surface area (Å²) in [6.45, 7) is 7.44. The molecular formula is C29H29NO4. The van der Waals surface area contributed by atoms with Gasteiger partial charge in [0.15, 0.2) is 0 Å². The summed E-state index contributed by atoms with van der Waals surface area (Å²) < 4.78 is 17.3. The average molecular weight is 456 g/mol. The van der Waals surface area contributed by atoms with Gasteiger partial charge in [0.05, 0.1) is 19.5 Å². The third-order valence-corrected chi connectivity index (χ3v) is 5.53. The largest absolute Gasteiger partial charge is 0.494 e. The molecule has 0 radical (unpaired) electrons. The van der Waals surface area contributed by atoms with Gasteiger partial charge >= 0.3 is 0 Å². The zero-order valence-corrected chi connectivity index (χ0v) is 19.8. The molecule has 0 atom stereocenters. The molecular weight excluding hydrogens is 426 g/mol. The number of hydrogen-bond acceptors (Lipinski definition) is 4. The number of rotatable bonds is 9. The van der Waals surface area contributed by atoms with Gasteiger partial charge in [-0.1, -0.05) is 42.5 Å². The van der Waals surface area contributed by atoms with Crippen molar-refractivity contribution in [3.05, 3.63) is 90.2 Å². The molecule has 3 aromatic carbocycles. The number of carbonyl (C=O) groups excluding carboxylic acids is 1. The monoisotopic (exact) mass is 455 g/mol. The Morgan fingerprint density at radius 3 is 2.41 bits per heavy atom. The van der Waals surface area contributed by atoms with Crippen LogP contribution in [0.15, 0.2) is 83.5 Å². The number of benzene rings is 3. The summed E-state index contributed by atoms with van der Waals surface area (Å²) in [6.07, 6.45) is 3.37. The van der Waals surface area contributed by atoms with Crippen LogP contribution in [0.2, 0.25) is 0 Å². The van der Waals surface area contributed by atoms with Gasteiger partial charge in [0.25, 0.3) is 0 Å². The van der Waals surface area contributed by atoms with Gasteiger partial charge in [-0.25, -0.2) is 0 Å². The van der Waals surface area contributed by atoms with E-state index in [1.54, 1.807) is 12.3 Å². The molecule has 4 aromatic rings. The van der Waals surface area contributed by atoms with Crippen LogP contribution >= 0.6 is 0 Å². The van der Waals surface area contributed by atoms with Gasteiger partial charge < -0.3 is 19.2 Å². The quantitative estimate of drug-likeness (QED) is 0.288. The molecule has 5 nitrogen and oxygen atoms in total. The molecule has 0 aliphatic carbocycles. The number of nitrogens with one attached hydrogen (secondary N) is 1. The first-order valence-corrected chi connectivity index (χ1v) is 11.5. The molecule has 174 valence electrons. The molecule has 1 amide bonds. The normalized spacial score (nSPS) is 11.4. The molecule has 0 aliphatic rings. The highest BCUT2D eigenvalue weighted by molar-refractivity contribution is 6.00. The van der Waals surface area contributed by atoms with Gasteiger partial charge in [-0.05, 0) is 55.7 Å². The predicted molar refractivity (Wildman–Crippen MR) is 136 cm³/mol. The molecule has 34 heavy (non-hydrogen) atoms. The van der Waals surface area contributed by atoms with Crippen molar-refractivity contribution in [2.45, 2.75) is 27.3 Å². The minimum absolute atomic E-state index is 0.150. The van der Waals surface area contributed by atoms with E-state index in [1.807, 2.05) is 87.5 Å². The number of amides is 1. The van der Waals surface area contributed by atoms with Gasteiger partial charge in [0.2, 0.25) is 5.91 Å². The number of fused-ring (bicyclic) bond motifs is 1. The molecule has 1 aromatic heterocycles. The minimum Gasteiger partial charge on any atom is -0.494 e. The van der Waals surface area contributed by atoms with E-state index in [1.165, 1.54) is 0 Å². The topological polar surface area (TPSA) is 60.7 Å². The Bertz CT molecular complexity index is 1290. The Labute approximate surface area is 200 Å². The Balaban J connectivity index is 1.64. The summed E-state index contributed by atoms with van der Waals surface area (Å²) in [5.74, 6) is 1.37. The molecule has 0 unspecified atom stereocenters. The first-order valence-electron chi connectivity index (χ1n) is 11.5. The second-order valence-corrected chi connectivity index (χ2v) is 7.92. The Morgan fingerprint density at radius 2 is 1.71 bits per heavy atom. The maximum atomic E-state index is 12.6. The average Bonchev–Trinajstić information content (AvgIpc) is 3.26. The van der Waals surface area contributed by atoms with Gasteiger partial charge in [0, 0.05) is 35.2 Å². The first kappa shape index (κ1) is 23.2. The fourth-order valence-electron chi connectivity index (χ4n) is 3.87. The van der Waals surface area contributed by atoms with Crippen LogP contribution < -0.4 is 14.8 Å². The predicted octanol–water partition coefficient (Wildman–Crippen LogP) is 6.62. The standard InChI is InChI=1S/C29H29NO4/c1-4-32-23-13-11-22(12-14-23)26-19-34-28-17-27(33-5-2)24(16-25(26)28)20(3)15-29(31)30-18-21-9-7-6-8-10-21/h6-17,19H,4-5,18H2,1-3H3,(H,30,31)/b20-15+. The summed E-state index contributed by atoms with van der Waals surface area (Å²) >= 11 is 0. The van der Waals surface area contributed by atoms with E-state index in [2.05, 4.69) is 5.32 Å². The molecule has 1 N–H and O–H groups in total. The van der Waals surface area contributed by atoms with Crippen molar-refractivity contribution in [2.75, 3.05) is 13.2 Å². The van der Waals surface area contributed by atoms with E-state index in [0.717, 1.165) is 44.5 Å². The van der Waals surface area contributed by atoms with E-state index in [9.17, 15) is 4.79 Å². The summed E-state index contributed by atoms with van der Waals surface area (Å²) in [4.78, 5) is 12.6. The van der Waals surface area contributed by atoms with Crippen LogP contribution in [-0.2, 0) is 11.3 Å². The lowest BCUT2D eigenvalue weighted by Crippen LogP contribution is -2.20. The first-order chi connectivity index (χ1) is 16.6. The lowest BCUT2D eigenvalue weighted by molar-refractivity contribution is -0.116. The zero-order valence-electron chi connectivity index (χ0n) is 19.8. The SMILES string of the molecule is CCOc1ccc(-c2coc3cc(OCC)c(/C(C)=C/C(=O)NCc4ccccc4)cc23)cc1. The third kappa shape index (κ3) is 5.31. The van der Waals surface area contributed by atoms with Crippen molar-refractivity contribution < 1.29 is 18.7 Å². The van der Waals surface area contributed by atoms with E-state index in [4.69, 9.17) is 13.9 Å². The Morgan fingerprint density at radius 1 is 0.971 bits per heavy atom. The second kappa shape index (κ2) is 10.8. The minimum atomic E-state index is -0.150. The van der Waals surface area contributed by atoms with Crippen LogP contribution in [0.1, 0.15) is 31.9 Å². The molecule has 4 rings (SSSR count). The van der Waals surface area contributed by atoms with Crippen molar-refractivity contribution in [3.63, 3.8) is 0 Å². The third-order valence-electron chi connectivity index (χ3n) is 5.53. The fourth-order valence-corrected chi connectivity index (χ4v) is 3.87. The number of allylic oxidation sites excluding steroid dienone is 1. The maximum Gasteiger partial charge on any atom is 0.244 e. The Hall–Kier alpha value is -3.99. The molecule has 0 saturated carbocycles. The smallest absolute Gasteiger partial charge is 0.244 e. The maximum absolute atomic E-state index is 12.6. The zero-order chi connectivity index (χ0) is 23.9. The van der Waals surface area contributed by atoms with Crippen LogP contribution in [0, 0.1) is 0 Å². The van der Waals surface area contributed by atoms with Crippen LogP contribution in [0.4, 0.5) is 0 Å². The van der Waals surface area contributed by atoms with Gasteiger partial charge in [-0.2, -0.15) is 0 Å². The highest BCUT2D eigenvalue weighted by Gasteiger charge is 2.15. The molecule has 0 bridgehead atoms. The van der Waals surface area contributed by atoms with E-state index >= 15 is 0 Å². The summed E-state index contributed by atoms with van der Waals surface area (Å²) in [7, 11) is 0. The second-order valence-electron chi connectivity index (χ2n) is 7.92. The van der Waals surface area contributed by atoms with Crippen molar-refractivity contribution in [2.24, 2.45) is 0 Å². The van der Waals surface area contributed by atoms with Gasteiger partial charge in [-0.15, -0.1) is 0 Å². The van der Waals surface area contributed by atoms with Gasteiger partial charge in [0.1, 0.15) is 17.1 Å². The number of carbonyl (C=O) groups is 1. The van der Waals surface area contributed by atoms with Crippen molar-refractivity contribution in [3.8, 4) is 22.6 Å². The summed E-state index contributed by atoms with van der Waals surface area (Å²) in [5.41, 5.74) is 5.46. The Kier molecular flexibility index (Phi) is 7.33. The van der Waals surface area contributed by atoms with E-state index in [-0.39, 0.29) is 5.91 Å². The van der Waals surface area contributed by atoms with Crippen molar-refractivity contribution in [1.29, 1.82) is 0 Å². The van der Waals surface area contributed by atoms with Crippen LogP contribution in [-0.4, -0.2) is 19.1 Å². The van der Waals surface area contributed by atoms with Crippen LogP contribution in [0.25, 0.3) is 27.7 Å². The van der Waals surface area contributed by atoms with Crippen LogP contribution in [0.3, 0.4) is 0 Å². The lowest BCUT2D eigenvalue weighted by Gasteiger charge is -2.12. The number of furan rings is 1. The lowest BCUT2D eigenvalue weighted by atomic mass is 9.99. The number of hydrogen-bond donors (Lipinski definition) is 1. The molecule has 1 heterocycles. The highest BCUT2D eigenvalue weighted by atomic mass is 16.5. The van der Waals surface area contributed by atoms with E-state index in [0.29, 0.717) is 25.5 Å². The van der Waals surface area contributed by atoms with E-state index < -0.39 is 0 Å². The molecule has 0 spiro atoms. The van der Waals surface area contributed by atoms with Crippen molar-refractivity contribution in [1.82, 2.24) is 5.32 Å². The van der Waals surface area contributed by atoms with Crippen LogP contribution in [0.5, 0.6) is 11.5 Å². The van der Waals surface area contributed by atoms with Gasteiger partial charge in [-0.3, -0.25) is 4.79 Å².